The van der Waals surface area contributed by atoms with E-state index in [-0.39, 0.29) is 0 Å². The molecule has 2 nitrogen and oxygen atoms in total. The number of hydrogen-bond donors (Lipinski definition) is 1. The van der Waals surface area contributed by atoms with Crippen molar-refractivity contribution in [2.75, 3.05) is 32.1 Å². The highest BCUT2D eigenvalue weighted by molar-refractivity contribution is 5.47. The van der Waals surface area contributed by atoms with Gasteiger partial charge in [-0.05, 0) is 50.0 Å². The second-order valence-corrected chi connectivity index (χ2v) is 5.28. The van der Waals surface area contributed by atoms with E-state index in [0.717, 1.165) is 13.1 Å². The molecule has 1 rings (SSSR count). The van der Waals surface area contributed by atoms with Gasteiger partial charge in [-0.3, -0.25) is 0 Å². The maximum absolute atomic E-state index is 3.29. The summed E-state index contributed by atoms with van der Waals surface area (Å²) in [7, 11) is 4.21. The fraction of sp³-hybridized carbons (Fsp3) is 0.600. The molecule has 1 aromatic rings. The molecule has 0 saturated carbocycles. The van der Waals surface area contributed by atoms with Crippen LogP contribution in [0.5, 0.6) is 0 Å². The zero-order valence-electron chi connectivity index (χ0n) is 11.8. The van der Waals surface area contributed by atoms with E-state index in [1.54, 1.807) is 0 Å². The van der Waals surface area contributed by atoms with Crippen molar-refractivity contribution in [3.8, 4) is 0 Å². The van der Waals surface area contributed by atoms with Crippen LogP contribution in [-0.4, -0.2) is 27.2 Å². The Bertz CT molecular complexity index is 333. The zero-order chi connectivity index (χ0) is 12.8. The van der Waals surface area contributed by atoms with Crippen LogP contribution in [0.1, 0.15) is 19.4 Å². The summed E-state index contributed by atoms with van der Waals surface area (Å²) < 4.78 is 0. The molecule has 0 aliphatic rings. The Kier molecular flexibility index (Phi) is 5.49. The van der Waals surface area contributed by atoms with Gasteiger partial charge < -0.3 is 10.2 Å². The third kappa shape index (κ3) is 4.39. The molecule has 0 aliphatic heterocycles. The van der Waals surface area contributed by atoms with E-state index >= 15 is 0 Å². The summed E-state index contributed by atoms with van der Waals surface area (Å²) >= 11 is 0. The molecule has 0 amide bonds. The van der Waals surface area contributed by atoms with Crippen molar-refractivity contribution in [3.63, 3.8) is 0 Å². The van der Waals surface area contributed by atoms with Crippen molar-refractivity contribution >= 4 is 5.69 Å². The monoisotopic (exact) mass is 234 g/mol. The normalized spacial score (nSPS) is 12.8. The standard InChI is InChI=1S/C15H26N2/c1-12(2)14(10-16-4)11-17(5)15-8-6-7-13(3)9-15/h6-9,12,14,16H,10-11H2,1-5H3. The molecule has 1 aromatic carbocycles. The highest BCUT2D eigenvalue weighted by Gasteiger charge is 2.15. The van der Waals surface area contributed by atoms with Crippen molar-refractivity contribution < 1.29 is 0 Å². The molecule has 0 spiro atoms. The van der Waals surface area contributed by atoms with E-state index in [4.69, 9.17) is 0 Å². The second-order valence-electron chi connectivity index (χ2n) is 5.28. The molecule has 0 aromatic heterocycles. The molecule has 17 heavy (non-hydrogen) atoms. The van der Waals surface area contributed by atoms with Crippen LogP contribution in [0.4, 0.5) is 5.69 Å². The van der Waals surface area contributed by atoms with E-state index in [1.807, 2.05) is 7.05 Å². The van der Waals surface area contributed by atoms with Gasteiger partial charge in [-0.25, -0.2) is 0 Å². The molecular weight excluding hydrogens is 208 g/mol. The van der Waals surface area contributed by atoms with Gasteiger partial charge >= 0.3 is 0 Å². The highest BCUT2D eigenvalue weighted by Crippen LogP contribution is 2.18. The number of hydrogen-bond acceptors (Lipinski definition) is 2. The van der Waals surface area contributed by atoms with Gasteiger partial charge in [0.25, 0.3) is 0 Å². The first-order valence-electron chi connectivity index (χ1n) is 6.47. The first kappa shape index (κ1) is 14.0. The molecule has 0 aliphatic carbocycles. The Labute approximate surface area is 106 Å². The summed E-state index contributed by atoms with van der Waals surface area (Å²) in [5.74, 6) is 1.39. The Hall–Kier alpha value is -1.02. The van der Waals surface area contributed by atoms with E-state index in [0.29, 0.717) is 11.8 Å². The average molecular weight is 234 g/mol. The lowest BCUT2D eigenvalue weighted by atomic mass is 9.95. The molecule has 0 saturated heterocycles. The Balaban J connectivity index is 2.66. The number of rotatable bonds is 6. The zero-order valence-corrected chi connectivity index (χ0v) is 11.8. The van der Waals surface area contributed by atoms with Gasteiger partial charge in [-0.15, -0.1) is 0 Å². The van der Waals surface area contributed by atoms with E-state index in [2.05, 4.69) is 62.3 Å². The quantitative estimate of drug-likeness (QED) is 0.814. The molecule has 0 fully saturated rings. The van der Waals surface area contributed by atoms with Crippen LogP contribution in [0.3, 0.4) is 0 Å². The summed E-state index contributed by atoms with van der Waals surface area (Å²) in [5, 5.41) is 3.29. The van der Waals surface area contributed by atoms with Crippen LogP contribution in [-0.2, 0) is 0 Å². The predicted molar refractivity (Wildman–Crippen MR) is 76.7 cm³/mol. The van der Waals surface area contributed by atoms with E-state index < -0.39 is 0 Å². The molecular formula is C15H26N2. The van der Waals surface area contributed by atoms with Gasteiger partial charge in [0.15, 0.2) is 0 Å². The summed E-state index contributed by atoms with van der Waals surface area (Å²) in [6.45, 7) is 8.92. The minimum atomic E-state index is 0.686. The van der Waals surface area contributed by atoms with Crippen molar-refractivity contribution in [2.45, 2.75) is 20.8 Å². The number of aryl methyl sites for hydroxylation is 1. The van der Waals surface area contributed by atoms with Crippen LogP contribution < -0.4 is 10.2 Å². The van der Waals surface area contributed by atoms with Crippen LogP contribution >= 0.6 is 0 Å². The van der Waals surface area contributed by atoms with Crippen LogP contribution in [0.15, 0.2) is 24.3 Å². The summed E-state index contributed by atoms with van der Waals surface area (Å²) in [6, 6.07) is 8.70. The minimum Gasteiger partial charge on any atom is -0.374 e. The van der Waals surface area contributed by atoms with E-state index in [1.165, 1.54) is 11.3 Å². The first-order chi connectivity index (χ1) is 8.04. The van der Waals surface area contributed by atoms with E-state index in [9.17, 15) is 0 Å². The van der Waals surface area contributed by atoms with Crippen molar-refractivity contribution in [1.29, 1.82) is 0 Å². The summed E-state index contributed by atoms with van der Waals surface area (Å²) in [4.78, 5) is 2.36. The van der Waals surface area contributed by atoms with Crippen molar-refractivity contribution in [2.24, 2.45) is 11.8 Å². The van der Waals surface area contributed by atoms with Crippen LogP contribution in [0, 0.1) is 18.8 Å². The first-order valence-corrected chi connectivity index (χ1v) is 6.47. The fourth-order valence-corrected chi connectivity index (χ4v) is 2.10. The van der Waals surface area contributed by atoms with Crippen molar-refractivity contribution in [3.05, 3.63) is 29.8 Å². The molecule has 2 heteroatoms. The van der Waals surface area contributed by atoms with Gasteiger partial charge in [0, 0.05) is 19.3 Å². The third-order valence-corrected chi connectivity index (χ3v) is 3.36. The maximum atomic E-state index is 3.29. The fourth-order valence-electron chi connectivity index (χ4n) is 2.10. The lowest BCUT2D eigenvalue weighted by Gasteiger charge is -2.28. The van der Waals surface area contributed by atoms with Crippen molar-refractivity contribution in [1.82, 2.24) is 5.32 Å². The molecule has 0 bridgehead atoms. The summed E-state index contributed by atoms with van der Waals surface area (Å²) in [5.41, 5.74) is 2.64. The lowest BCUT2D eigenvalue weighted by Crippen LogP contribution is -2.34. The number of nitrogens with one attached hydrogen (secondary N) is 1. The second kappa shape index (κ2) is 6.65. The Morgan fingerprint density at radius 1 is 1.29 bits per heavy atom. The molecule has 0 heterocycles. The molecule has 1 unspecified atom stereocenters. The Morgan fingerprint density at radius 2 is 2.00 bits per heavy atom. The smallest absolute Gasteiger partial charge is 0.0366 e. The molecule has 96 valence electrons. The molecule has 1 N–H and O–H groups in total. The maximum Gasteiger partial charge on any atom is 0.0366 e. The molecule has 0 radical (unpaired) electrons. The average Bonchev–Trinajstić information content (AvgIpc) is 2.28. The lowest BCUT2D eigenvalue weighted by molar-refractivity contribution is 0.376. The van der Waals surface area contributed by atoms with Gasteiger partial charge in [-0.1, -0.05) is 26.0 Å². The van der Waals surface area contributed by atoms with Crippen LogP contribution in [0.25, 0.3) is 0 Å². The number of nitrogens with zero attached hydrogens (tertiary/aromatic N) is 1. The van der Waals surface area contributed by atoms with Gasteiger partial charge in [0.1, 0.15) is 0 Å². The summed E-state index contributed by atoms with van der Waals surface area (Å²) in [6.07, 6.45) is 0. The topological polar surface area (TPSA) is 15.3 Å². The highest BCUT2D eigenvalue weighted by atomic mass is 15.1. The predicted octanol–water partition coefficient (Wildman–Crippen LogP) is 2.92. The molecule has 1 atom stereocenters. The SMILES string of the molecule is CNCC(CN(C)c1cccc(C)c1)C(C)C. The third-order valence-electron chi connectivity index (χ3n) is 3.36. The van der Waals surface area contributed by atoms with Gasteiger partial charge in [0.05, 0.1) is 0 Å². The van der Waals surface area contributed by atoms with Gasteiger partial charge in [-0.2, -0.15) is 0 Å². The minimum absolute atomic E-state index is 0.686. The number of anilines is 1. The largest absolute Gasteiger partial charge is 0.374 e. The number of benzene rings is 1. The van der Waals surface area contributed by atoms with Crippen LogP contribution in [0.2, 0.25) is 0 Å². The van der Waals surface area contributed by atoms with Gasteiger partial charge in [0.2, 0.25) is 0 Å². The Morgan fingerprint density at radius 3 is 2.53 bits per heavy atom.